The van der Waals surface area contributed by atoms with E-state index in [0.717, 1.165) is 11.3 Å². The Bertz CT molecular complexity index is 331. The summed E-state index contributed by atoms with van der Waals surface area (Å²) < 4.78 is 29.3. The number of thiophene rings is 1. The van der Waals surface area contributed by atoms with Crippen LogP contribution in [0.5, 0.6) is 0 Å². The Labute approximate surface area is 95.4 Å². The summed E-state index contributed by atoms with van der Waals surface area (Å²) in [6.45, 7) is 0. The molecule has 0 amide bonds. The summed E-state index contributed by atoms with van der Waals surface area (Å²) in [6.07, 6.45) is 0. The maximum absolute atomic E-state index is 10.4. The second-order valence-corrected chi connectivity index (χ2v) is 4.44. The van der Waals surface area contributed by atoms with E-state index in [1.807, 2.05) is 0 Å². The Morgan fingerprint density at radius 2 is 2.09 bits per heavy atom. The Balaban J connectivity index is 0.000001000. The van der Waals surface area contributed by atoms with Gasteiger partial charge in [-0.05, 0) is 11.4 Å². The zero-order valence-corrected chi connectivity index (χ0v) is 7.00. The van der Waals surface area contributed by atoms with Gasteiger partial charge in [0.05, 0.1) is 0 Å². The van der Waals surface area contributed by atoms with Gasteiger partial charge in [-0.1, -0.05) is 11.6 Å². The van der Waals surface area contributed by atoms with Crippen LogP contribution in [-0.4, -0.2) is 42.5 Å². The first-order valence-electron chi connectivity index (χ1n) is 2.22. The Kier molecular flexibility index (Phi) is 4.57. The van der Waals surface area contributed by atoms with Crippen molar-refractivity contribution in [1.29, 1.82) is 0 Å². The monoisotopic (exact) mass is 222 g/mol. The SMILES string of the molecule is O=S(=O)(O)c1ccsc1Cl.[NaH]. The van der Waals surface area contributed by atoms with E-state index in [0.29, 0.717) is 0 Å². The second-order valence-electron chi connectivity index (χ2n) is 1.53. The van der Waals surface area contributed by atoms with Gasteiger partial charge in [0.25, 0.3) is 10.1 Å². The first kappa shape index (κ1) is 11.9. The summed E-state index contributed by atoms with van der Waals surface area (Å²) in [7, 11) is -4.11. The van der Waals surface area contributed by atoms with E-state index in [2.05, 4.69) is 0 Å². The van der Waals surface area contributed by atoms with Gasteiger partial charge < -0.3 is 0 Å². The molecule has 0 saturated carbocycles. The van der Waals surface area contributed by atoms with Crippen LogP contribution in [0.4, 0.5) is 0 Å². The molecule has 0 radical (unpaired) electrons. The number of hydrogen-bond donors (Lipinski definition) is 1. The predicted molar refractivity (Wildman–Crippen MR) is 46.3 cm³/mol. The van der Waals surface area contributed by atoms with Crippen LogP contribution in [0.1, 0.15) is 0 Å². The average Bonchev–Trinajstić information content (AvgIpc) is 2.11. The van der Waals surface area contributed by atoms with Crippen LogP contribution >= 0.6 is 22.9 Å². The molecule has 0 bridgehead atoms. The van der Waals surface area contributed by atoms with Gasteiger partial charge in [0, 0.05) is 0 Å². The molecule has 1 N–H and O–H groups in total. The average molecular weight is 223 g/mol. The zero-order chi connectivity index (χ0) is 7.78. The van der Waals surface area contributed by atoms with E-state index in [1.165, 1.54) is 11.4 Å². The fraction of sp³-hybridized carbons (Fsp3) is 0. The minimum absolute atomic E-state index is 0. The third-order valence-corrected chi connectivity index (χ3v) is 3.17. The van der Waals surface area contributed by atoms with Crippen molar-refractivity contribution in [2.24, 2.45) is 0 Å². The topological polar surface area (TPSA) is 54.4 Å². The van der Waals surface area contributed by atoms with Gasteiger partial charge >= 0.3 is 29.6 Å². The van der Waals surface area contributed by atoms with Crippen molar-refractivity contribution in [2.75, 3.05) is 0 Å². The molecule has 3 nitrogen and oxygen atoms in total. The molecule has 0 aliphatic heterocycles. The molecule has 0 saturated heterocycles. The molecule has 0 atom stereocenters. The second kappa shape index (κ2) is 4.23. The van der Waals surface area contributed by atoms with Crippen molar-refractivity contribution >= 4 is 62.6 Å². The van der Waals surface area contributed by atoms with Crippen LogP contribution in [0.25, 0.3) is 0 Å². The zero-order valence-electron chi connectivity index (χ0n) is 4.61. The van der Waals surface area contributed by atoms with Gasteiger partial charge in [0.15, 0.2) is 0 Å². The molecule has 1 aromatic rings. The Hall–Kier alpha value is 0.900. The molecule has 58 valence electrons. The van der Waals surface area contributed by atoms with E-state index in [-0.39, 0.29) is 38.8 Å². The fourth-order valence-electron chi connectivity index (χ4n) is 0.467. The maximum atomic E-state index is 10.4. The molecular formula is C4H4ClNaO3S2. The molecule has 0 aromatic carbocycles. The summed E-state index contributed by atoms with van der Waals surface area (Å²) >= 11 is 6.46. The van der Waals surface area contributed by atoms with Crippen molar-refractivity contribution < 1.29 is 13.0 Å². The summed E-state index contributed by atoms with van der Waals surface area (Å²) in [4.78, 5) is -0.223. The van der Waals surface area contributed by atoms with Gasteiger partial charge in [-0.3, -0.25) is 4.55 Å². The molecule has 0 spiro atoms. The molecule has 1 rings (SSSR count). The van der Waals surface area contributed by atoms with Gasteiger partial charge in [-0.15, -0.1) is 11.3 Å². The summed E-state index contributed by atoms with van der Waals surface area (Å²) in [5.74, 6) is 0. The van der Waals surface area contributed by atoms with Gasteiger partial charge in [-0.25, -0.2) is 0 Å². The third kappa shape index (κ3) is 3.02. The molecule has 11 heavy (non-hydrogen) atoms. The summed E-state index contributed by atoms with van der Waals surface area (Å²) in [5, 5.41) is 1.49. The fourth-order valence-corrected chi connectivity index (χ4v) is 2.47. The first-order valence-corrected chi connectivity index (χ1v) is 4.92. The van der Waals surface area contributed by atoms with E-state index >= 15 is 0 Å². The van der Waals surface area contributed by atoms with Crippen LogP contribution < -0.4 is 0 Å². The van der Waals surface area contributed by atoms with E-state index < -0.39 is 10.1 Å². The van der Waals surface area contributed by atoms with E-state index in [4.69, 9.17) is 16.2 Å². The van der Waals surface area contributed by atoms with Gasteiger partial charge in [0.1, 0.15) is 9.23 Å². The Morgan fingerprint density at radius 1 is 1.55 bits per heavy atom. The van der Waals surface area contributed by atoms with Crippen LogP contribution in [0.15, 0.2) is 16.3 Å². The van der Waals surface area contributed by atoms with Crippen molar-refractivity contribution in [3.05, 3.63) is 15.8 Å². The van der Waals surface area contributed by atoms with E-state index in [1.54, 1.807) is 0 Å². The predicted octanol–water partition coefficient (Wildman–Crippen LogP) is 1.000. The normalized spacial score (nSPS) is 10.7. The molecule has 0 aliphatic carbocycles. The van der Waals surface area contributed by atoms with Crippen LogP contribution in [0.2, 0.25) is 4.34 Å². The van der Waals surface area contributed by atoms with Crippen LogP contribution in [0.3, 0.4) is 0 Å². The summed E-state index contributed by atoms with van der Waals surface area (Å²) in [5.41, 5.74) is 0. The molecule has 1 heterocycles. The number of halogens is 1. The molecule has 7 heteroatoms. The summed E-state index contributed by atoms with van der Waals surface area (Å²) in [6, 6.07) is 1.25. The van der Waals surface area contributed by atoms with Crippen molar-refractivity contribution in [3.63, 3.8) is 0 Å². The van der Waals surface area contributed by atoms with Crippen molar-refractivity contribution in [3.8, 4) is 0 Å². The van der Waals surface area contributed by atoms with E-state index in [9.17, 15) is 8.42 Å². The minimum atomic E-state index is -4.11. The first-order chi connectivity index (χ1) is 4.52. The third-order valence-electron chi connectivity index (χ3n) is 0.863. The molecule has 1 aromatic heterocycles. The van der Waals surface area contributed by atoms with Crippen molar-refractivity contribution in [1.82, 2.24) is 0 Å². The van der Waals surface area contributed by atoms with Crippen LogP contribution in [-0.2, 0) is 10.1 Å². The van der Waals surface area contributed by atoms with Gasteiger partial charge in [-0.2, -0.15) is 8.42 Å². The van der Waals surface area contributed by atoms with Crippen molar-refractivity contribution in [2.45, 2.75) is 4.90 Å². The quantitative estimate of drug-likeness (QED) is 0.570. The molecule has 0 fully saturated rings. The molecular weight excluding hydrogens is 219 g/mol. The Morgan fingerprint density at radius 3 is 2.27 bits per heavy atom. The molecule has 0 aliphatic rings. The standard InChI is InChI=1S/C4H3ClO3S2.Na.H/c5-4-3(1-2-9-4)10(6,7)8;;/h1-2H,(H,6,7,8);;. The number of rotatable bonds is 1. The van der Waals surface area contributed by atoms with Gasteiger partial charge in [0.2, 0.25) is 0 Å². The molecule has 0 unspecified atom stereocenters. The number of hydrogen-bond acceptors (Lipinski definition) is 3. The van der Waals surface area contributed by atoms with Crippen LogP contribution in [0, 0.1) is 0 Å².